The quantitative estimate of drug-likeness (QED) is 0.509. The number of carbonyl (C=O) groups is 2. The van der Waals surface area contributed by atoms with Crippen LogP contribution in [-0.4, -0.2) is 32.9 Å². The summed E-state index contributed by atoms with van der Waals surface area (Å²) in [6.45, 7) is 1.53. The van der Waals surface area contributed by atoms with Gasteiger partial charge in [-0.05, 0) is 49.4 Å². The number of imidazole rings is 1. The number of fused-ring (bicyclic) bond motifs is 1. The van der Waals surface area contributed by atoms with Crippen LogP contribution in [0.2, 0.25) is 0 Å². The van der Waals surface area contributed by atoms with Gasteiger partial charge in [0.1, 0.15) is 5.82 Å². The largest absolute Gasteiger partial charge is 0.449 e. The molecule has 1 amide bonds. The maximum atomic E-state index is 12.5. The van der Waals surface area contributed by atoms with Crippen LogP contribution >= 0.6 is 0 Å². The highest BCUT2D eigenvalue weighted by Gasteiger charge is 2.19. The van der Waals surface area contributed by atoms with Crippen LogP contribution in [0.3, 0.4) is 0 Å². The number of hydrogen-bond acceptors (Lipinski definition) is 5. The van der Waals surface area contributed by atoms with Crippen molar-refractivity contribution in [1.29, 1.82) is 0 Å². The summed E-state index contributed by atoms with van der Waals surface area (Å²) < 4.78 is 5.32. The van der Waals surface area contributed by atoms with Gasteiger partial charge in [0.05, 0.1) is 16.6 Å². The molecule has 4 aromatic rings. The maximum Gasteiger partial charge on any atom is 0.338 e. The van der Waals surface area contributed by atoms with Crippen molar-refractivity contribution in [3.05, 3.63) is 78.6 Å². The second-order valence-corrected chi connectivity index (χ2v) is 6.46. The molecule has 2 aromatic heterocycles. The standard InChI is InChI=1S/C22H18N4O3/c1-14(21(27)24-17-7-3-2-4-8-17)29-22(28)15-9-10-18-19(12-15)26-20(25-18)16-6-5-11-23-13-16/h2-14H,1H3,(H,24,27)(H,25,26). The Balaban J connectivity index is 1.47. The molecule has 144 valence electrons. The van der Waals surface area contributed by atoms with Gasteiger partial charge in [0.2, 0.25) is 0 Å². The summed E-state index contributed by atoms with van der Waals surface area (Å²) >= 11 is 0. The number of carbonyl (C=O) groups excluding carboxylic acids is 2. The number of aromatic amines is 1. The van der Waals surface area contributed by atoms with Crippen molar-refractivity contribution >= 4 is 28.6 Å². The number of hydrogen-bond donors (Lipinski definition) is 2. The molecule has 0 saturated carbocycles. The summed E-state index contributed by atoms with van der Waals surface area (Å²) in [5.41, 5.74) is 3.23. The van der Waals surface area contributed by atoms with Gasteiger partial charge in [-0.15, -0.1) is 0 Å². The predicted molar refractivity (Wildman–Crippen MR) is 109 cm³/mol. The van der Waals surface area contributed by atoms with Crippen molar-refractivity contribution in [3.8, 4) is 11.4 Å². The molecule has 7 nitrogen and oxygen atoms in total. The molecule has 2 heterocycles. The van der Waals surface area contributed by atoms with Crippen LogP contribution in [0, 0.1) is 0 Å². The lowest BCUT2D eigenvalue weighted by Gasteiger charge is -2.13. The van der Waals surface area contributed by atoms with Crippen molar-refractivity contribution in [2.24, 2.45) is 0 Å². The van der Waals surface area contributed by atoms with Crippen molar-refractivity contribution in [2.45, 2.75) is 13.0 Å². The molecule has 0 fully saturated rings. The number of para-hydroxylation sites is 1. The number of H-pyrrole nitrogens is 1. The van der Waals surface area contributed by atoms with Crippen LogP contribution in [0.25, 0.3) is 22.4 Å². The van der Waals surface area contributed by atoms with Crippen LogP contribution in [0.5, 0.6) is 0 Å². The zero-order chi connectivity index (χ0) is 20.2. The summed E-state index contributed by atoms with van der Waals surface area (Å²) in [5.74, 6) is -0.319. The molecular formula is C22H18N4O3. The molecule has 0 radical (unpaired) electrons. The SMILES string of the molecule is CC(OC(=O)c1ccc2nc(-c3cccnc3)[nH]c2c1)C(=O)Nc1ccccc1. The fraction of sp³-hybridized carbons (Fsp3) is 0.0909. The van der Waals surface area contributed by atoms with Gasteiger partial charge in [0, 0.05) is 23.6 Å². The first-order chi connectivity index (χ1) is 14.1. The Morgan fingerprint density at radius 3 is 2.66 bits per heavy atom. The molecule has 0 bridgehead atoms. The highest BCUT2D eigenvalue weighted by Crippen LogP contribution is 2.21. The van der Waals surface area contributed by atoms with Gasteiger partial charge in [0.15, 0.2) is 6.10 Å². The lowest BCUT2D eigenvalue weighted by molar-refractivity contribution is -0.123. The fourth-order valence-corrected chi connectivity index (χ4v) is 2.82. The first-order valence-electron chi connectivity index (χ1n) is 9.07. The van der Waals surface area contributed by atoms with Gasteiger partial charge >= 0.3 is 5.97 Å². The van der Waals surface area contributed by atoms with E-state index in [1.54, 1.807) is 42.7 Å². The van der Waals surface area contributed by atoms with E-state index >= 15 is 0 Å². The minimum Gasteiger partial charge on any atom is -0.449 e. The number of nitrogens with one attached hydrogen (secondary N) is 2. The Morgan fingerprint density at radius 1 is 1.07 bits per heavy atom. The van der Waals surface area contributed by atoms with Gasteiger partial charge in [-0.2, -0.15) is 0 Å². The summed E-state index contributed by atoms with van der Waals surface area (Å²) in [6.07, 6.45) is 2.46. The van der Waals surface area contributed by atoms with Crippen molar-refractivity contribution in [1.82, 2.24) is 15.0 Å². The van der Waals surface area contributed by atoms with E-state index in [-0.39, 0.29) is 0 Å². The van der Waals surface area contributed by atoms with Gasteiger partial charge in [0.25, 0.3) is 5.91 Å². The Morgan fingerprint density at radius 2 is 1.90 bits per heavy atom. The minimum atomic E-state index is -0.939. The number of pyridine rings is 1. The average molecular weight is 386 g/mol. The van der Waals surface area contributed by atoms with E-state index in [0.29, 0.717) is 22.6 Å². The molecule has 2 N–H and O–H groups in total. The van der Waals surface area contributed by atoms with Gasteiger partial charge < -0.3 is 15.0 Å². The topological polar surface area (TPSA) is 97.0 Å². The molecule has 0 saturated heterocycles. The molecule has 4 rings (SSSR count). The van der Waals surface area contributed by atoms with Crippen molar-refractivity contribution in [2.75, 3.05) is 5.32 Å². The lowest BCUT2D eigenvalue weighted by Crippen LogP contribution is -2.29. The number of amides is 1. The van der Waals surface area contributed by atoms with Crippen LogP contribution < -0.4 is 5.32 Å². The zero-order valence-electron chi connectivity index (χ0n) is 15.6. The number of aromatic nitrogens is 3. The molecule has 1 unspecified atom stereocenters. The zero-order valence-corrected chi connectivity index (χ0v) is 15.6. The predicted octanol–water partition coefficient (Wildman–Crippen LogP) is 3.81. The summed E-state index contributed by atoms with van der Waals surface area (Å²) in [7, 11) is 0. The minimum absolute atomic E-state index is 0.332. The van der Waals surface area contributed by atoms with E-state index in [2.05, 4.69) is 20.3 Å². The van der Waals surface area contributed by atoms with Crippen LogP contribution in [0.1, 0.15) is 17.3 Å². The Kier molecular flexibility index (Phi) is 5.03. The van der Waals surface area contributed by atoms with Crippen molar-refractivity contribution in [3.63, 3.8) is 0 Å². The normalized spacial score (nSPS) is 11.8. The average Bonchev–Trinajstić information content (AvgIpc) is 3.18. The van der Waals surface area contributed by atoms with E-state index in [4.69, 9.17) is 4.74 Å². The first kappa shape index (κ1) is 18.4. The third-order valence-corrected chi connectivity index (χ3v) is 4.35. The molecule has 0 aliphatic rings. The molecule has 1 atom stereocenters. The number of rotatable bonds is 5. The van der Waals surface area contributed by atoms with Crippen LogP contribution in [-0.2, 0) is 9.53 Å². The Bertz CT molecular complexity index is 1160. The van der Waals surface area contributed by atoms with Crippen molar-refractivity contribution < 1.29 is 14.3 Å². The maximum absolute atomic E-state index is 12.5. The first-order valence-corrected chi connectivity index (χ1v) is 9.07. The second-order valence-electron chi connectivity index (χ2n) is 6.46. The molecular weight excluding hydrogens is 368 g/mol. The van der Waals surface area contributed by atoms with E-state index in [9.17, 15) is 9.59 Å². The summed E-state index contributed by atoms with van der Waals surface area (Å²) in [5, 5.41) is 2.71. The number of benzene rings is 2. The molecule has 0 aliphatic heterocycles. The van der Waals surface area contributed by atoms with E-state index in [1.807, 2.05) is 30.3 Å². The third kappa shape index (κ3) is 4.14. The molecule has 2 aromatic carbocycles. The number of anilines is 1. The number of ether oxygens (including phenoxy) is 1. The van der Waals surface area contributed by atoms with Crippen LogP contribution in [0.4, 0.5) is 5.69 Å². The molecule has 7 heteroatoms. The molecule has 0 aliphatic carbocycles. The summed E-state index contributed by atoms with van der Waals surface area (Å²) in [4.78, 5) is 36.5. The van der Waals surface area contributed by atoms with E-state index in [0.717, 1.165) is 11.1 Å². The van der Waals surface area contributed by atoms with Gasteiger partial charge in [-0.3, -0.25) is 9.78 Å². The third-order valence-electron chi connectivity index (χ3n) is 4.35. The highest BCUT2D eigenvalue weighted by atomic mass is 16.5. The lowest BCUT2D eigenvalue weighted by atomic mass is 10.2. The van der Waals surface area contributed by atoms with Gasteiger partial charge in [-0.25, -0.2) is 9.78 Å². The van der Waals surface area contributed by atoms with Gasteiger partial charge in [-0.1, -0.05) is 18.2 Å². The Labute approximate surface area is 166 Å². The smallest absolute Gasteiger partial charge is 0.338 e. The van der Waals surface area contributed by atoms with E-state index < -0.39 is 18.0 Å². The van der Waals surface area contributed by atoms with E-state index in [1.165, 1.54) is 6.92 Å². The number of esters is 1. The summed E-state index contributed by atoms with van der Waals surface area (Å²) in [6, 6.07) is 17.7. The van der Waals surface area contributed by atoms with Crippen LogP contribution in [0.15, 0.2) is 73.1 Å². The fourth-order valence-electron chi connectivity index (χ4n) is 2.82. The molecule has 29 heavy (non-hydrogen) atoms. The molecule has 0 spiro atoms. The Hall–Kier alpha value is -4.00. The number of nitrogens with zero attached hydrogens (tertiary/aromatic N) is 2. The highest BCUT2D eigenvalue weighted by molar-refractivity contribution is 5.98. The second kappa shape index (κ2) is 7.93. The monoisotopic (exact) mass is 386 g/mol.